The molecule has 0 aliphatic rings. The maximum Gasteiger partial charge on any atom is 0.408 e. The lowest BCUT2D eigenvalue weighted by atomic mass is 10.2. The molecule has 0 fully saturated rings. The van der Waals surface area contributed by atoms with E-state index in [0.717, 1.165) is 12.1 Å². The number of non-ortho nitro benzene ring substituents is 1. The van der Waals surface area contributed by atoms with E-state index in [9.17, 15) is 29.3 Å². The van der Waals surface area contributed by atoms with Crippen LogP contribution in [0.25, 0.3) is 0 Å². The second-order valence-corrected chi connectivity index (χ2v) is 6.74. The van der Waals surface area contributed by atoms with E-state index in [4.69, 9.17) is 4.74 Å². The minimum Gasteiger partial charge on any atom is -0.445 e. The summed E-state index contributed by atoms with van der Waals surface area (Å²) in [6.45, 7) is -0.0686. The molecule has 0 spiro atoms. The number of nitro benzene ring substituents is 1. The highest BCUT2D eigenvalue weighted by molar-refractivity contribution is 7.52. The highest BCUT2D eigenvalue weighted by Gasteiger charge is 2.32. The van der Waals surface area contributed by atoms with Crippen molar-refractivity contribution in [2.24, 2.45) is 0 Å². The van der Waals surface area contributed by atoms with Crippen molar-refractivity contribution < 1.29 is 28.8 Å². The van der Waals surface area contributed by atoms with Gasteiger partial charge in [-0.15, -0.1) is 0 Å². The molecular weight excluding hydrogens is 351 g/mol. The van der Waals surface area contributed by atoms with E-state index < -0.39 is 24.4 Å². The van der Waals surface area contributed by atoms with E-state index in [0.29, 0.717) is 5.56 Å². The van der Waals surface area contributed by atoms with Gasteiger partial charge in [0.15, 0.2) is 5.78 Å². The SMILES string of the molecule is O=C(NC(c1ccc([N+](=O)[O-])cc1)P(=O)(O)O)OCc1ccccc1. The lowest BCUT2D eigenvalue weighted by Crippen LogP contribution is -2.29. The number of carbonyl (C=O) groups excluding carboxylic acids is 1. The zero-order valence-electron chi connectivity index (χ0n) is 12.8. The molecule has 0 aliphatic heterocycles. The van der Waals surface area contributed by atoms with Crippen molar-refractivity contribution in [3.8, 4) is 0 Å². The molecule has 132 valence electrons. The number of alkyl carbamates (subject to hydrolysis) is 1. The molecule has 1 amide bonds. The van der Waals surface area contributed by atoms with Crippen LogP contribution in [0.4, 0.5) is 10.5 Å². The second kappa shape index (κ2) is 7.89. The lowest BCUT2D eigenvalue weighted by molar-refractivity contribution is -0.384. The molecule has 0 saturated carbocycles. The molecule has 10 heteroatoms. The Hall–Kier alpha value is -2.74. The van der Waals surface area contributed by atoms with Gasteiger partial charge in [-0.2, -0.15) is 0 Å². The Morgan fingerprint density at radius 3 is 2.28 bits per heavy atom. The van der Waals surface area contributed by atoms with Crippen LogP contribution < -0.4 is 5.32 Å². The van der Waals surface area contributed by atoms with Crippen LogP contribution in [0.1, 0.15) is 16.9 Å². The van der Waals surface area contributed by atoms with Crippen LogP contribution >= 0.6 is 7.60 Å². The van der Waals surface area contributed by atoms with Gasteiger partial charge in [-0.1, -0.05) is 30.3 Å². The molecule has 1 unspecified atom stereocenters. The number of amides is 1. The van der Waals surface area contributed by atoms with Crippen LogP contribution in [0.15, 0.2) is 54.6 Å². The standard InChI is InChI=1S/C15H15N2O7P/c18-15(24-10-11-4-2-1-3-5-11)16-14(25(21,22)23)12-6-8-13(9-7-12)17(19)20/h1-9,14H,10H2,(H,16,18)(H2,21,22,23). The predicted molar refractivity (Wildman–Crippen MR) is 87.6 cm³/mol. The van der Waals surface area contributed by atoms with Crippen molar-refractivity contribution in [2.45, 2.75) is 12.4 Å². The van der Waals surface area contributed by atoms with Gasteiger partial charge >= 0.3 is 13.7 Å². The molecule has 3 N–H and O–H groups in total. The second-order valence-electron chi connectivity index (χ2n) is 5.05. The van der Waals surface area contributed by atoms with Crippen LogP contribution in [-0.2, 0) is 15.9 Å². The van der Waals surface area contributed by atoms with Gasteiger partial charge < -0.3 is 19.8 Å². The van der Waals surface area contributed by atoms with Gasteiger partial charge in [0.05, 0.1) is 4.92 Å². The third-order valence-electron chi connectivity index (χ3n) is 3.22. The molecule has 0 aliphatic carbocycles. The van der Waals surface area contributed by atoms with Crippen LogP contribution in [0.2, 0.25) is 0 Å². The Kier molecular flexibility index (Phi) is 5.87. The van der Waals surface area contributed by atoms with Crippen molar-refractivity contribution >= 4 is 19.4 Å². The average Bonchev–Trinajstić information content (AvgIpc) is 2.58. The number of ether oxygens (including phenoxy) is 1. The van der Waals surface area contributed by atoms with E-state index in [2.05, 4.69) is 5.32 Å². The molecule has 9 nitrogen and oxygen atoms in total. The Bertz CT molecular complexity index is 789. The minimum atomic E-state index is -4.77. The summed E-state index contributed by atoms with van der Waals surface area (Å²) < 4.78 is 16.6. The molecule has 0 aromatic heterocycles. The first-order chi connectivity index (χ1) is 11.8. The largest absolute Gasteiger partial charge is 0.445 e. The van der Waals surface area contributed by atoms with Crippen molar-refractivity contribution in [2.75, 3.05) is 0 Å². The molecule has 0 saturated heterocycles. The number of nitro groups is 1. The van der Waals surface area contributed by atoms with Gasteiger partial charge in [-0.05, 0) is 23.3 Å². The van der Waals surface area contributed by atoms with Crippen molar-refractivity contribution in [1.29, 1.82) is 0 Å². The quantitative estimate of drug-likeness (QED) is 0.406. The highest BCUT2D eigenvalue weighted by Crippen LogP contribution is 2.50. The first-order valence-electron chi connectivity index (χ1n) is 7.04. The topological polar surface area (TPSA) is 139 Å². The Morgan fingerprint density at radius 1 is 1.16 bits per heavy atom. The predicted octanol–water partition coefficient (Wildman–Crippen LogP) is 2.70. The number of hydrogen-bond donors (Lipinski definition) is 3. The van der Waals surface area contributed by atoms with E-state index in [1.165, 1.54) is 12.1 Å². The Balaban J connectivity index is 2.08. The number of rotatable bonds is 6. The number of carbonyl (C=O) groups is 1. The lowest BCUT2D eigenvalue weighted by Gasteiger charge is -2.20. The van der Waals surface area contributed by atoms with Gasteiger partial charge in [0.2, 0.25) is 0 Å². The molecular formula is C15H15N2O7P. The average molecular weight is 366 g/mol. The van der Waals surface area contributed by atoms with E-state index >= 15 is 0 Å². The summed E-state index contributed by atoms with van der Waals surface area (Å²) in [5, 5.41) is 12.7. The van der Waals surface area contributed by atoms with E-state index in [-0.39, 0.29) is 17.9 Å². The van der Waals surface area contributed by atoms with Crippen molar-refractivity contribution in [3.05, 3.63) is 75.8 Å². The maximum atomic E-state index is 11.8. The molecule has 0 heterocycles. The van der Waals surface area contributed by atoms with Crippen LogP contribution in [0, 0.1) is 10.1 Å². The van der Waals surface area contributed by atoms with Gasteiger partial charge in [0.25, 0.3) is 5.69 Å². The molecule has 25 heavy (non-hydrogen) atoms. The summed E-state index contributed by atoms with van der Waals surface area (Å²) in [6.07, 6.45) is -1.02. The van der Waals surface area contributed by atoms with Crippen LogP contribution in [-0.4, -0.2) is 20.8 Å². The van der Waals surface area contributed by atoms with E-state index in [1.54, 1.807) is 30.3 Å². The number of nitrogens with zero attached hydrogens (tertiary/aromatic N) is 1. The highest BCUT2D eigenvalue weighted by atomic mass is 31.2. The van der Waals surface area contributed by atoms with Gasteiger partial charge in [0, 0.05) is 12.1 Å². The first kappa shape index (κ1) is 18.6. The maximum absolute atomic E-state index is 11.8. The third kappa shape index (κ3) is 5.39. The molecule has 2 rings (SSSR count). The van der Waals surface area contributed by atoms with Gasteiger partial charge in [-0.25, -0.2) is 4.79 Å². The summed E-state index contributed by atoms with van der Waals surface area (Å²) in [6, 6.07) is 13.3. The minimum absolute atomic E-state index is 0.0237. The van der Waals surface area contributed by atoms with Crippen molar-refractivity contribution in [3.63, 3.8) is 0 Å². The molecule has 0 radical (unpaired) electrons. The van der Waals surface area contributed by atoms with Gasteiger partial charge in [0.1, 0.15) is 6.61 Å². The van der Waals surface area contributed by atoms with Gasteiger partial charge in [-0.3, -0.25) is 14.7 Å². The molecule has 2 aromatic carbocycles. The summed E-state index contributed by atoms with van der Waals surface area (Å²) in [5.74, 6) is -1.67. The molecule has 2 aromatic rings. The zero-order chi connectivity index (χ0) is 18.4. The monoisotopic (exact) mass is 366 g/mol. The van der Waals surface area contributed by atoms with E-state index in [1.807, 2.05) is 0 Å². The molecule has 1 atom stereocenters. The van der Waals surface area contributed by atoms with Crippen LogP contribution in [0.5, 0.6) is 0 Å². The molecule has 0 bridgehead atoms. The fraction of sp³-hybridized carbons (Fsp3) is 0.133. The number of hydrogen-bond acceptors (Lipinski definition) is 5. The Labute approximate surface area is 142 Å². The summed E-state index contributed by atoms with van der Waals surface area (Å²) in [5.41, 5.74) is 0.496. The fourth-order valence-electron chi connectivity index (χ4n) is 2.02. The first-order valence-corrected chi connectivity index (χ1v) is 8.72. The zero-order valence-corrected chi connectivity index (χ0v) is 13.7. The summed E-state index contributed by atoms with van der Waals surface area (Å²) >= 11 is 0. The summed E-state index contributed by atoms with van der Waals surface area (Å²) in [7, 11) is -4.77. The fourth-order valence-corrected chi connectivity index (χ4v) is 2.85. The third-order valence-corrected chi connectivity index (χ3v) is 4.32. The number of nitrogens with one attached hydrogen (secondary N) is 1. The summed E-state index contributed by atoms with van der Waals surface area (Å²) in [4.78, 5) is 40.7. The normalized spacial score (nSPS) is 12.2. The number of benzene rings is 2. The van der Waals surface area contributed by atoms with Crippen molar-refractivity contribution in [1.82, 2.24) is 5.32 Å². The smallest absolute Gasteiger partial charge is 0.408 e. The van der Waals surface area contributed by atoms with Crippen LogP contribution in [0.3, 0.4) is 0 Å². The Morgan fingerprint density at radius 2 is 1.76 bits per heavy atom.